The average Bonchev–Trinajstić information content (AvgIpc) is 2.77. The number of thiocarbonyl (C=S) groups is 1. The second-order valence-corrected chi connectivity index (χ2v) is 6.41. The number of rotatable bonds is 8. The molecule has 2 unspecified atom stereocenters. The van der Waals surface area contributed by atoms with E-state index in [1.165, 1.54) is 25.0 Å². The maximum atomic E-state index is 5.33. The molecule has 0 aromatic rings. The summed E-state index contributed by atoms with van der Waals surface area (Å²) in [6, 6.07) is 0.557. The van der Waals surface area contributed by atoms with Crippen LogP contribution < -0.4 is 10.6 Å². The second-order valence-electron chi connectivity index (χ2n) is 4.48. The van der Waals surface area contributed by atoms with Crippen molar-refractivity contribution < 1.29 is 4.74 Å². The lowest BCUT2D eigenvalue weighted by atomic mass is 10.2. The average molecular weight is 290 g/mol. The molecular weight excluding hydrogens is 264 g/mol. The quantitative estimate of drug-likeness (QED) is 0.530. The second kappa shape index (κ2) is 9.87. The van der Waals surface area contributed by atoms with Crippen molar-refractivity contribution >= 4 is 29.1 Å². The molecule has 3 nitrogen and oxygen atoms in total. The Balaban J connectivity index is 2.11. The summed E-state index contributed by atoms with van der Waals surface area (Å²) in [6.07, 6.45) is 4.90. The summed E-state index contributed by atoms with van der Waals surface area (Å²) < 4.78 is 5.29. The molecule has 0 aliphatic heterocycles. The van der Waals surface area contributed by atoms with Crippen molar-refractivity contribution in [2.45, 2.75) is 50.8 Å². The highest BCUT2D eigenvalue weighted by molar-refractivity contribution is 7.99. The molecule has 0 radical (unpaired) electrons. The van der Waals surface area contributed by atoms with Gasteiger partial charge in [-0.1, -0.05) is 13.3 Å². The monoisotopic (exact) mass is 290 g/mol. The summed E-state index contributed by atoms with van der Waals surface area (Å²) in [5.41, 5.74) is 0. The first-order chi connectivity index (χ1) is 8.77. The Morgan fingerprint density at radius 1 is 1.39 bits per heavy atom. The molecule has 0 saturated heterocycles. The van der Waals surface area contributed by atoms with Gasteiger partial charge in [-0.3, -0.25) is 0 Å². The standard InChI is InChI=1S/C13H26N2OS2/c1-3-16-10-6-9-14-13(17)15-11-7-5-8-12(11)18-4-2/h11-12H,3-10H2,1-2H3,(H2,14,15,17). The van der Waals surface area contributed by atoms with E-state index in [4.69, 9.17) is 17.0 Å². The molecule has 0 heterocycles. The van der Waals surface area contributed by atoms with Crippen LogP contribution in [0.3, 0.4) is 0 Å². The van der Waals surface area contributed by atoms with Gasteiger partial charge in [0, 0.05) is 31.1 Å². The summed E-state index contributed by atoms with van der Waals surface area (Å²) in [7, 11) is 0. The predicted octanol–water partition coefficient (Wildman–Crippen LogP) is 2.55. The van der Waals surface area contributed by atoms with E-state index in [9.17, 15) is 0 Å². The Morgan fingerprint density at radius 3 is 2.94 bits per heavy atom. The predicted molar refractivity (Wildman–Crippen MR) is 84.4 cm³/mol. The fraction of sp³-hybridized carbons (Fsp3) is 0.923. The highest BCUT2D eigenvalue weighted by Gasteiger charge is 2.27. The number of thioether (sulfide) groups is 1. The fourth-order valence-corrected chi connectivity index (χ4v) is 3.70. The molecule has 0 bridgehead atoms. The lowest BCUT2D eigenvalue weighted by molar-refractivity contribution is 0.145. The summed E-state index contributed by atoms with van der Waals surface area (Å²) in [6.45, 7) is 6.74. The van der Waals surface area contributed by atoms with E-state index < -0.39 is 0 Å². The first kappa shape index (κ1) is 16.1. The van der Waals surface area contributed by atoms with Gasteiger partial charge in [0.15, 0.2) is 5.11 Å². The summed E-state index contributed by atoms with van der Waals surface area (Å²) in [5.74, 6) is 1.19. The topological polar surface area (TPSA) is 33.3 Å². The Morgan fingerprint density at radius 2 is 2.22 bits per heavy atom. The lowest BCUT2D eigenvalue weighted by Gasteiger charge is -2.22. The van der Waals surface area contributed by atoms with Crippen molar-refractivity contribution in [2.24, 2.45) is 0 Å². The van der Waals surface area contributed by atoms with Crippen LogP contribution >= 0.6 is 24.0 Å². The van der Waals surface area contributed by atoms with Crippen LogP contribution in [0.1, 0.15) is 39.5 Å². The summed E-state index contributed by atoms with van der Waals surface area (Å²) in [4.78, 5) is 0. The minimum Gasteiger partial charge on any atom is -0.382 e. The Kier molecular flexibility index (Phi) is 8.80. The lowest BCUT2D eigenvalue weighted by Crippen LogP contribution is -2.44. The van der Waals surface area contributed by atoms with Gasteiger partial charge in [0.05, 0.1) is 0 Å². The van der Waals surface area contributed by atoms with Crippen LogP contribution in [0.25, 0.3) is 0 Å². The van der Waals surface area contributed by atoms with E-state index in [1.807, 2.05) is 6.92 Å². The van der Waals surface area contributed by atoms with E-state index in [2.05, 4.69) is 29.3 Å². The van der Waals surface area contributed by atoms with Crippen LogP contribution in [0.4, 0.5) is 0 Å². The molecule has 0 amide bonds. The third-order valence-corrected chi connectivity index (χ3v) is 4.69. The van der Waals surface area contributed by atoms with Crippen molar-refractivity contribution in [3.63, 3.8) is 0 Å². The molecule has 0 spiro atoms. The molecule has 2 N–H and O–H groups in total. The number of ether oxygens (including phenoxy) is 1. The Labute approximate surface area is 121 Å². The maximum Gasteiger partial charge on any atom is 0.166 e. The Bertz CT molecular complexity index is 239. The van der Waals surface area contributed by atoms with Crippen molar-refractivity contribution in [1.82, 2.24) is 10.6 Å². The SMILES string of the molecule is CCOCCCNC(=S)NC1CCCC1SCC. The molecule has 5 heteroatoms. The summed E-state index contributed by atoms with van der Waals surface area (Å²) in [5, 5.41) is 8.27. The highest BCUT2D eigenvalue weighted by Crippen LogP contribution is 2.29. The van der Waals surface area contributed by atoms with Crippen LogP contribution in [0.15, 0.2) is 0 Å². The Hall–Kier alpha value is 0. The highest BCUT2D eigenvalue weighted by atomic mass is 32.2. The maximum absolute atomic E-state index is 5.33. The third kappa shape index (κ3) is 6.25. The molecular formula is C13H26N2OS2. The molecule has 0 aromatic carbocycles. The fourth-order valence-electron chi connectivity index (χ4n) is 2.24. The molecule has 1 rings (SSSR count). The zero-order valence-corrected chi connectivity index (χ0v) is 13.2. The van der Waals surface area contributed by atoms with Crippen molar-refractivity contribution in [1.29, 1.82) is 0 Å². The summed E-state index contributed by atoms with van der Waals surface area (Å²) >= 11 is 7.39. The van der Waals surface area contributed by atoms with Gasteiger partial charge in [0.25, 0.3) is 0 Å². The smallest absolute Gasteiger partial charge is 0.166 e. The molecule has 0 aromatic heterocycles. The normalized spacial score (nSPS) is 23.0. The molecule has 18 heavy (non-hydrogen) atoms. The zero-order valence-electron chi connectivity index (χ0n) is 11.5. The minimum absolute atomic E-state index is 0.557. The van der Waals surface area contributed by atoms with E-state index in [1.54, 1.807) is 0 Å². The van der Waals surface area contributed by atoms with E-state index in [0.717, 1.165) is 36.5 Å². The number of hydrogen-bond donors (Lipinski definition) is 2. The van der Waals surface area contributed by atoms with Gasteiger partial charge >= 0.3 is 0 Å². The first-order valence-electron chi connectivity index (χ1n) is 7.01. The van der Waals surface area contributed by atoms with Gasteiger partial charge in [0.2, 0.25) is 0 Å². The van der Waals surface area contributed by atoms with E-state index in [-0.39, 0.29) is 0 Å². The van der Waals surface area contributed by atoms with Crippen LogP contribution in [0.5, 0.6) is 0 Å². The van der Waals surface area contributed by atoms with Gasteiger partial charge in [0.1, 0.15) is 0 Å². The molecule has 1 fully saturated rings. The molecule has 2 atom stereocenters. The molecule has 1 saturated carbocycles. The van der Waals surface area contributed by atoms with E-state index >= 15 is 0 Å². The first-order valence-corrected chi connectivity index (χ1v) is 8.47. The zero-order chi connectivity index (χ0) is 13.2. The number of hydrogen-bond acceptors (Lipinski definition) is 3. The van der Waals surface area contributed by atoms with Crippen molar-refractivity contribution in [2.75, 3.05) is 25.5 Å². The largest absolute Gasteiger partial charge is 0.382 e. The van der Waals surface area contributed by atoms with Crippen LogP contribution in [-0.4, -0.2) is 41.9 Å². The third-order valence-electron chi connectivity index (χ3n) is 3.10. The van der Waals surface area contributed by atoms with Gasteiger partial charge in [-0.05, 0) is 44.2 Å². The van der Waals surface area contributed by atoms with Crippen LogP contribution in [0, 0.1) is 0 Å². The minimum atomic E-state index is 0.557. The molecule has 1 aliphatic carbocycles. The molecule has 106 valence electrons. The van der Waals surface area contributed by atoms with Gasteiger partial charge in [-0.25, -0.2) is 0 Å². The van der Waals surface area contributed by atoms with Crippen LogP contribution in [0.2, 0.25) is 0 Å². The number of nitrogens with one attached hydrogen (secondary N) is 2. The molecule has 1 aliphatic rings. The van der Waals surface area contributed by atoms with Crippen molar-refractivity contribution in [3.05, 3.63) is 0 Å². The van der Waals surface area contributed by atoms with Gasteiger partial charge in [-0.15, -0.1) is 0 Å². The van der Waals surface area contributed by atoms with Gasteiger partial charge < -0.3 is 15.4 Å². The van der Waals surface area contributed by atoms with Crippen LogP contribution in [-0.2, 0) is 4.74 Å². The van der Waals surface area contributed by atoms with Crippen molar-refractivity contribution in [3.8, 4) is 0 Å². The van der Waals surface area contributed by atoms with E-state index in [0.29, 0.717) is 6.04 Å². The van der Waals surface area contributed by atoms with Gasteiger partial charge in [-0.2, -0.15) is 11.8 Å².